The van der Waals surface area contributed by atoms with Crippen molar-refractivity contribution >= 4 is 23.6 Å². The summed E-state index contributed by atoms with van der Waals surface area (Å²) in [6.07, 6.45) is 2.17. The highest BCUT2D eigenvalue weighted by Crippen LogP contribution is 2.26. The molecule has 122 valence electrons. The topological polar surface area (TPSA) is 87.7 Å². The third-order valence-electron chi connectivity index (χ3n) is 2.74. The van der Waals surface area contributed by atoms with Gasteiger partial charge in [0.15, 0.2) is 18.1 Å². The highest BCUT2D eigenvalue weighted by Gasteiger charge is 2.14. The number of carboxylic acid groups (broad SMARTS) is 1. The molecule has 0 radical (unpaired) electrons. The van der Waals surface area contributed by atoms with Crippen molar-refractivity contribution in [1.82, 2.24) is 5.32 Å². The number of carbonyl (C=O) groups excluding carboxylic acids is 2. The van der Waals surface area contributed by atoms with Crippen LogP contribution in [-0.2, 0) is 9.59 Å². The Morgan fingerprint density at radius 2 is 1.91 bits per heavy atom. The van der Waals surface area contributed by atoms with Crippen LogP contribution in [0.1, 0.15) is 13.3 Å². The van der Waals surface area contributed by atoms with E-state index in [-0.39, 0.29) is 6.61 Å². The summed E-state index contributed by atoms with van der Waals surface area (Å²) in [5, 5.41) is 13.4. The van der Waals surface area contributed by atoms with E-state index >= 15 is 0 Å². The number of thioether (sulfide) groups is 1. The quantitative estimate of drug-likeness (QED) is 0.672. The van der Waals surface area contributed by atoms with Crippen LogP contribution >= 0.6 is 11.8 Å². The van der Waals surface area contributed by atoms with E-state index in [1.54, 1.807) is 24.3 Å². The van der Waals surface area contributed by atoms with E-state index in [0.717, 1.165) is 0 Å². The van der Waals surface area contributed by atoms with Crippen LogP contribution in [-0.4, -0.2) is 43.1 Å². The zero-order chi connectivity index (χ0) is 16.4. The summed E-state index contributed by atoms with van der Waals surface area (Å²) in [4.78, 5) is 22.7. The zero-order valence-corrected chi connectivity index (χ0v) is 13.5. The van der Waals surface area contributed by atoms with Crippen LogP contribution in [0.3, 0.4) is 0 Å². The Hall–Kier alpha value is -1.89. The van der Waals surface area contributed by atoms with Gasteiger partial charge in [0, 0.05) is 0 Å². The van der Waals surface area contributed by atoms with Gasteiger partial charge < -0.3 is 24.7 Å². The maximum absolute atomic E-state index is 11.8. The first-order valence-electron chi connectivity index (χ1n) is 6.92. The number of para-hydroxylation sites is 2. The summed E-state index contributed by atoms with van der Waals surface area (Å²) in [5.41, 5.74) is 0. The molecule has 0 saturated heterocycles. The van der Waals surface area contributed by atoms with Crippen molar-refractivity contribution in [2.45, 2.75) is 19.4 Å². The van der Waals surface area contributed by atoms with Crippen molar-refractivity contribution in [2.75, 3.05) is 25.2 Å². The number of carboxylic acids is 1. The Bertz CT molecular complexity index is 495. The van der Waals surface area contributed by atoms with Crippen LogP contribution in [0, 0.1) is 0 Å². The van der Waals surface area contributed by atoms with Crippen LogP contribution < -0.4 is 19.9 Å². The number of hydrogen-bond donors (Lipinski definition) is 1. The van der Waals surface area contributed by atoms with Crippen molar-refractivity contribution in [3.63, 3.8) is 0 Å². The molecule has 1 aromatic carbocycles. The normalized spacial score (nSPS) is 11.5. The average molecular weight is 326 g/mol. The summed E-state index contributed by atoms with van der Waals surface area (Å²) in [6, 6.07) is 5.97. The molecule has 22 heavy (non-hydrogen) atoms. The highest BCUT2D eigenvalue weighted by molar-refractivity contribution is 7.98. The summed E-state index contributed by atoms with van der Waals surface area (Å²) in [6.45, 7) is 2.04. The first-order valence-corrected chi connectivity index (χ1v) is 8.31. The van der Waals surface area contributed by atoms with Gasteiger partial charge in [-0.2, -0.15) is 11.8 Å². The smallest absolute Gasteiger partial charge is 0.258 e. The number of benzene rings is 1. The van der Waals surface area contributed by atoms with Crippen molar-refractivity contribution in [3.8, 4) is 11.5 Å². The third-order valence-corrected chi connectivity index (χ3v) is 3.38. The SMILES string of the molecule is CCOc1ccccc1OCC(=O)N[C@H](CCSC)C(=O)[O-]. The van der Waals surface area contributed by atoms with Gasteiger partial charge in [-0.15, -0.1) is 0 Å². The van der Waals surface area contributed by atoms with Crippen LogP contribution in [0.5, 0.6) is 11.5 Å². The van der Waals surface area contributed by atoms with Gasteiger partial charge in [-0.05, 0) is 37.5 Å². The Balaban J connectivity index is 2.53. The van der Waals surface area contributed by atoms with Crippen molar-refractivity contribution in [1.29, 1.82) is 0 Å². The predicted molar refractivity (Wildman–Crippen MR) is 83.0 cm³/mol. The molecule has 1 N–H and O–H groups in total. The predicted octanol–water partition coefficient (Wildman–Crippen LogP) is 0.452. The van der Waals surface area contributed by atoms with E-state index < -0.39 is 17.9 Å². The van der Waals surface area contributed by atoms with Gasteiger partial charge in [0.25, 0.3) is 5.91 Å². The molecule has 1 atom stereocenters. The van der Waals surface area contributed by atoms with E-state index in [2.05, 4.69) is 5.32 Å². The standard InChI is InChI=1S/C15H21NO5S/c1-3-20-12-6-4-5-7-13(12)21-10-14(17)16-11(15(18)19)8-9-22-2/h4-7,11H,3,8-10H2,1-2H3,(H,16,17)(H,18,19)/p-1/t11-/m1/s1. The number of hydrogen-bond acceptors (Lipinski definition) is 6. The van der Waals surface area contributed by atoms with E-state index in [1.807, 2.05) is 13.2 Å². The lowest BCUT2D eigenvalue weighted by molar-refractivity contribution is -0.308. The largest absolute Gasteiger partial charge is 0.548 e. The molecular formula is C15H20NO5S-. The monoisotopic (exact) mass is 326 g/mol. The number of rotatable bonds is 10. The van der Waals surface area contributed by atoms with Crippen molar-refractivity contribution in [2.24, 2.45) is 0 Å². The fourth-order valence-electron chi connectivity index (χ4n) is 1.71. The fourth-order valence-corrected chi connectivity index (χ4v) is 2.18. The molecule has 0 aliphatic carbocycles. The minimum Gasteiger partial charge on any atom is -0.548 e. The summed E-state index contributed by atoms with van der Waals surface area (Å²) >= 11 is 1.50. The van der Waals surface area contributed by atoms with Gasteiger partial charge in [0.1, 0.15) is 0 Å². The zero-order valence-electron chi connectivity index (χ0n) is 12.7. The summed E-state index contributed by atoms with van der Waals surface area (Å²) in [7, 11) is 0. The first kappa shape index (κ1) is 18.2. The van der Waals surface area contributed by atoms with Gasteiger partial charge in [-0.1, -0.05) is 12.1 Å². The van der Waals surface area contributed by atoms with Gasteiger partial charge >= 0.3 is 0 Å². The molecule has 0 unspecified atom stereocenters. The number of amides is 1. The van der Waals surface area contributed by atoms with Gasteiger partial charge in [0.05, 0.1) is 18.6 Å². The summed E-state index contributed by atoms with van der Waals surface area (Å²) < 4.78 is 10.8. The van der Waals surface area contributed by atoms with Crippen LogP contribution in [0.15, 0.2) is 24.3 Å². The molecule has 0 saturated carbocycles. The lowest BCUT2D eigenvalue weighted by atomic mass is 10.2. The van der Waals surface area contributed by atoms with Crippen molar-refractivity contribution in [3.05, 3.63) is 24.3 Å². The highest BCUT2D eigenvalue weighted by atomic mass is 32.2. The second-order valence-corrected chi connectivity index (χ2v) is 5.37. The minimum atomic E-state index is -1.29. The molecule has 0 aliphatic rings. The van der Waals surface area contributed by atoms with Crippen LogP contribution in [0.2, 0.25) is 0 Å². The fraction of sp³-hybridized carbons (Fsp3) is 0.467. The van der Waals surface area contributed by atoms with Crippen LogP contribution in [0.4, 0.5) is 0 Å². The molecule has 0 fully saturated rings. The third kappa shape index (κ3) is 6.26. The van der Waals surface area contributed by atoms with E-state index in [4.69, 9.17) is 9.47 Å². The second kappa shape index (κ2) is 9.94. The van der Waals surface area contributed by atoms with Gasteiger partial charge in [-0.25, -0.2) is 0 Å². The Morgan fingerprint density at radius 3 is 2.45 bits per heavy atom. The number of carbonyl (C=O) groups is 2. The van der Waals surface area contributed by atoms with E-state index in [9.17, 15) is 14.7 Å². The number of ether oxygens (including phenoxy) is 2. The number of aliphatic carboxylic acids is 1. The molecule has 0 aliphatic heterocycles. The maximum Gasteiger partial charge on any atom is 0.258 e. The molecule has 0 heterocycles. The van der Waals surface area contributed by atoms with Crippen LogP contribution in [0.25, 0.3) is 0 Å². The maximum atomic E-state index is 11.8. The van der Waals surface area contributed by atoms with E-state index in [0.29, 0.717) is 30.3 Å². The molecular weight excluding hydrogens is 306 g/mol. The molecule has 1 amide bonds. The van der Waals surface area contributed by atoms with Gasteiger partial charge in [0.2, 0.25) is 0 Å². The molecule has 0 bridgehead atoms. The second-order valence-electron chi connectivity index (χ2n) is 4.39. The van der Waals surface area contributed by atoms with Gasteiger partial charge in [-0.3, -0.25) is 4.79 Å². The minimum absolute atomic E-state index is 0.285. The first-order chi connectivity index (χ1) is 10.6. The molecule has 0 aromatic heterocycles. The molecule has 0 spiro atoms. The Morgan fingerprint density at radius 1 is 1.27 bits per heavy atom. The molecule has 1 rings (SSSR count). The van der Waals surface area contributed by atoms with Crippen molar-refractivity contribution < 1.29 is 24.2 Å². The molecule has 6 nitrogen and oxygen atoms in total. The lowest BCUT2D eigenvalue weighted by Crippen LogP contribution is -2.49. The van der Waals surface area contributed by atoms with E-state index in [1.165, 1.54) is 11.8 Å². The molecule has 7 heteroatoms. The Labute approximate surface area is 134 Å². The average Bonchev–Trinajstić information content (AvgIpc) is 2.50. The lowest BCUT2D eigenvalue weighted by Gasteiger charge is -2.19. The summed E-state index contributed by atoms with van der Waals surface area (Å²) in [5.74, 6) is -0.212. The number of nitrogens with one attached hydrogen (secondary N) is 1. The molecule has 1 aromatic rings. The Kier molecular flexibility index (Phi) is 8.21.